The van der Waals surface area contributed by atoms with Crippen LogP contribution in [0.4, 0.5) is 5.69 Å². The molecule has 1 aliphatic rings. The third-order valence-electron chi connectivity index (χ3n) is 1.96. The van der Waals surface area contributed by atoms with E-state index in [4.69, 9.17) is 0 Å². The Labute approximate surface area is 86.4 Å². The van der Waals surface area contributed by atoms with Crippen molar-refractivity contribution in [2.45, 2.75) is 0 Å². The van der Waals surface area contributed by atoms with Gasteiger partial charge in [-0.05, 0) is 23.1 Å². The molecule has 0 amide bonds. The zero-order valence-electron chi connectivity index (χ0n) is 7.83. The van der Waals surface area contributed by atoms with Crippen LogP contribution in [-0.4, -0.2) is 4.92 Å². The van der Waals surface area contributed by atoms with E-state index in [-0.39, 0.29) is 5.82 Å². The lowest BCUT2D eigenvalue weighted by molar-refractivity contribution is -0.432. The van der Waals surface area contributed by atoms with Gasteiger partial charge in [0, 0.05) is 12.3 Å². The van der Waals surface area contributed by atoms with Gasteiger partial charge in [0.2, 0.25) is 0 Å². The smallest absolute Gasteiger partial charge is 0.339 e. The zero-order chi connectivity index (χ0) is 10.7. The van der Waals surface area contributed by atoms with Crippen LogP contribution in [0.2, 0.25) is 0 Å². The van der Waals surface area contributed by atoms with Crippen LogP contribution in [0.15, 0.2) is 54.5 Å². The topological polar surface area (TPSA) is 58.4 Å². The van der Waals surface area contributed by atoms with E-state index in [0.717, 1.165) is 5.69 Å². The molecule has 1 aromatic rings. The first-order valence-corrected chi connectivity index (χ1v) is 4.41. The fourth-order valence-electron chi connectivity index (χ4n) is 1.26. The van der Waals surface area contributed by atoms with Gasteiger partial charge >= 0.3 is 5.82 Å². The van der Waals surface area contributed by atoms with E-state index in [1.165, 1.54) is 6.08 Å². The van der Waals surface area contributed by atoms with Gasteiger partial charge in [-0.3, -0.25) is 0 Å². The van der Waals surface area contributed by atoms with Crippen LogP contribution in [0.1, 0.15) is 0 Å². The summed E-state index contributed by atoms with van der Waals surface area (Å²) in [5.41, 5.74) is 3.53. The molecule has 2 rings (SSSR count). The highest BCUT2D eigenvalue weighted by Gasteiger charge is 2.16. The van der Waals surface area contributed by atoms with Crippen molar-refractivity contribution in [3.05, 3.63) is 64.6 Å². The predicted molar refractivity (Wildman–Crippen MR) is 56.3 cm³/mol. The SMILES string of the molecule is O=[N+]([O-])C1=CC=CN(c2ccccc2)N1. The lowest BCUT2D eigenvalue weighted by atomic mass is 10.3. The standard InChI is InChI=1S/C10H9N3O2/c14-13(15)10-7-4-8-12(11-10)9-5-2-1-3-6-9/h1-8,11H. The van der Waals surface area contributed by atoms with Gasteiger partial charge in [-0.25, -0.2) is 0 Å². The molecule has 15 heavy (non-hydrogen) atoms. The van der Waals surface area contributed by atoms with Gasteiger partial charge < -0.3 is 10.1 Å². The van der Waals surface area contributed by atoms with E-state index in [9.17, 15) is 10.1 Å². The van der Waals surface area contributed by atoms with Gasteiger partial charge in [-0.15, -0.1) is 0 Å². The van der Waals surface area contributed by atoms with Crippen molar-refractivity contribution in [1.29, 1.82) is 0 Å². The first-order chi connectivity index (χ1) is 7.27. The number of nitro groups is 1. The second kappa shape index (κ2) is 3.83. The molecule has 0 radical (unpaired) electrons. The molecular weight excluding hydrogens is 194 g/mol. The molecule has 0 aromatic heterocycles. The normalized spacial score (nSPS) is 14.4. The van der Waals surface area contributed by atoms with E-state index in [2.05, 4.69) is 5.43 Å². The molecule has 0 spiro atoms. The van der Waals surface area contributed by atoms with Crippen LogP contribution in [-0.2, 0) is 0 Å². The number of nitrogens with zero attached hydrogens (tertiary/aromatic N) is 2. The third kappa shape index (κ3) is 1.96. The Kier molecular flexibility index (Phi) is 2.37. The molecule has 1 aromatic carbocycles. The van der Waals surface area contributed by atoms with Crippen LogP contribution in [0, 0.1) is 10.1 Å². The quantitative estimate of drug-likeness (QED) is 0.586. The molecule has 1 heterocycles. The summed E-state index contributed by atoms with van der Waals surface area (Å²) in [6.07, 6.45) is 4.77. The van der Waals surface area contributed by atoms with Gasteiger partial charge in [0.15, 0.2) is 0 Å². The Balaban J connectivity index is 2.19. The minimum atomic E-state index is -0.459. The van der Waals surface area contributed by atoms with E-state index in [0.29, 0.717) is 0 Å². The molecule has 5 nitrogen and oxygen atoms in total. The van der Waals surface area contributed by atoms with Crippen molar-refractivity contribution in [1.82, 2.24) is 5.43 Å². The predicted octanol–water partition coefficient (Wildman–Crippen LogP) is 1.64. The van der Waals surface area contributed by atoms with E-state index < -0.39 is 4.92 Å². The van der Waals surface area contributed by atoms with Crippen molar-refractivity contribution in [2.75, 3.05) is 5.01 Å². The van der Waals surface area contributed by atoms with Crippen molar-refractivity contribution in [3.8, 4) is 0 Å². The summed E-state index contributed by atoms with van der Waals surface area (Å²) in [6, 6.07) is 9.35. The average molecular weight is 203 g/mol. The molecule has 0 atom stereocenters. The molecular formula is C10H9N3O2. The van der Waals surface area contributed by atoms with Crippen LogP contribution in [0.25, 0.3) is 0 Å². The summed E-state index contributed by atoms with van der Waals surface area (Å²) in [6.45, 7) is 0. The van der Waals surface area contributed by atoms with Gasteiger partial charge in [-0.2, -0.15) is 10.4 Å². The monoisotopic (exact) mass is 203 g/mol. The Bertz CT molecular complexity index is 426. The van der Waals surface area contributed by atoms with Crippen molar-refractivity contribution < 1.29 is 4.92 Å². The number of anilines is 1. The van der Waals surface area contributed by atoms with Gasteiger partial charge in [0.05, 0.1) is 5.69 Å². The van der Waals surface area contributed by atoms with Gasteiger partial charge in [-0.1, -0.05) is 18.2 Å². The lowest BCUT2D eigenvalue weighted by Crippen LogP contribution is -2.37. The molecule has 0 saturated carbocycles. The fraction of sp³-hybridized carbons (Fsp3) is 0. The first kappa shape index (κ1) is 9.26. The van der Waals surface area contributed by atoms with Crippen LogP contribution < -0.4 is 10.4 Å². The van der Waals surface area contributed by atoms with Gasteiger partial charge in [0.1, 0.15) is 0 Å². The fourth-order valence-corrected chi connectivity index (χ4v) is 1.26. The maximum absolute atomic E-state index is 10.5. The Morgan fingerprint density at radius 3 is 2.67 bits per heavy atom. The lowest BCUT2D eigenvalue weighted by Gasteiger charge is -2.19. The number of benzene rings is 1. The molecule has 0 bridgehead atoms. The molecule has 1 N–H and O–H groups in total. The van der Waals surface area contributed by atoms with Crippen LogP contribution >= 0.6 is 0 Å². The highest BCUT2D eigenvalue weighted by Crippen LogP contribution is 2.14. The Hall–Kier alpha value is -2.30. The number of para-hydroxylation sites is 1. The summed E-state index contributed by atoms with van der Waals surface area (Å²) >= 11 is 0. The van der Waals surface area contributed by atoms with Crippen LogP contribution in [0.3, 0.4) is 0 Å². The number of hydrogen-bond donors (Lipinski definition) is 1. The van der Waals surface area contributed by atoms with Crippen molar-refractivity contribution in [3.63, 3.8) is 0 Å². The average Bonchev–Trinajstić information content (AvgIpc) is 2.30. The van der Waals surface area contributed by atoms with Crippen molar-refractivity contribution >= 4 is 5.69 Å². The summed E-state index contributed by atoms with van der Waals surface area (Å²) in [4.78, 5) is 10.1. The number of allylic oxidation sites excluding steroid dienone is 2. The molecule has 0 aliphatic carbocycles. The highest BCUT2D eigenvalue weighted by molar-refractivity contribution is 5.49. The summed E-state index contributed by atoms with van der Waals surface area (Å²) < 4.78 is 0. The third-order valence-corrected chi connectivity index (χ3v) is 1.96. The summed E-state index contributed by atoms with van der Waals surface area (Å²) in [7, 11) is 0. The molecule has 0 unspecified atom stereocenters. The molecule has 5 heteroatoms. The van der Waals surface area contributed by atoms with E-state index in [1.54, 1.807) is 17.3 Å². The maximum Gasteiger partial charge on any atom is 0.339 e. The number of nitrogens with one attached hydrogen (secondary N) is 1. The first-order valence-electron chi connectivity index (χ1n) is 4.41. The maximum atomic E-state index is 10.5. The minimum absolute atomic E-state index is 0.0404. The van der Waals surface area contributed by atoms with E-state index >= 15 is 0 Å². The zero-order valence-corrected chi connectivity index (χ0v) is 7.83. The second-order valence-electron chi connectivity index (χ2n) is 2.97. The van der Waals surface area contributed by atoms with Crippen LogP contribution in [0.5, 0.6) is 0 Å². The van der Waals surface area contributed by atoms with Crippen molar-refractivity contribution in [2.24, 2.45) is 0 Å². The summed E-state index contributed by atoms with van der Waals surface area (Å²) in [5, 5.41) is 12.1. The van der Waals surface area contributed by atoms with E-state index in [1.807, 2.05) is 30.3 Å². The Morgan fingerprint density at radius 2 is 2.00 bits per heavy atom. The molecule has 0 fully saturated rings. The highest BCUT2D eigenvalue weighted by atomic mass is 16.6. The number of hydrogen-bond acceptors (Lipinski definition) is 4. The minimum Gasteiger partial charge on any atom is -0.358 e. The number of rotatable bonds is 2. The largest absolute Gasteiger partial charge is 0.358 e. The summed E-state index contributed by atoms with van der Waals surface area (Å²) in [5.74, 6) is -0.0404. The molecule has 0 saturated heterocycles. The number of hydrazine groups is 1. The second-order valence-corrected chi connectivity index (χ2v) is 2.97. The molecule has 1 aliphatic heterocycles. The molecule has 76 valence electrons. The Morgan fingerprint density at radius 1 is 1.27 bits per heavy atom. The van der Waals surface area contributed by atoms with Gasteiger partial charge in [0.25, 0.3) is 0 Å².